The molecular formula is C20H15N3O3. The van der Waals surface area contributed by atoms with Crippen LogP contribution < -0.4 is 5.56 Å². The number of non-ortho nitro benzene ring substituents is 1. The maximum absolute atomic E-state index is 12.4. The highest BCUT2D eigenvalue weighted by molar-refractivity contribution is 5.77. The van der Waals surface area contributed by atoms with E-state index in [1.54, 1.807) is 18.2 Å². The topological polar surface area (TPSA) is 99.8 Å². The van der Waals surface area contributed by atoms with Gasteiger partial charge in [0.1, 0.15) is 11.6 Å². The van der Waals surface area contributed by atoms with E-state index in [0.717, 1.165) is 16.7 Å². The number of nitrogens with zero attached hydrogens (tertiary/aromatic N) is 2. The molecule has 0 saturated carbocycles. The molecule has 0 aliphatic carbocycles. The van der Waals surface area contributed by atoms with Crippen molar-refractivity contribution in [3.05, 3.63) is 85.7 Å². The molecule has 0 unspecified atom stereocenters. The Hall–Kier alpha value is -3.72. The highest BCUT2D eigenvalue weighted by Gasteiger charge is 2.15. The summed E-state index contributed by atoms with van der Waals surface area (Å²) in [5, 5.41) is 20.4. The van der Waals surface area contributed by atoms with Gasteiger partial charge in [0.2, 0.25) is 0 Å². The number of H-pyrrole nitrogens is 1. The minimum Gasteiger partial charge on any atom is -0.321 e. The zero-order chi connectivity index (χ0) is 18.8. The van der Waals surface area contributed by atoms with Crippen LogP contribution >= 0.6 is 0 Å². The fourth-order valence-electron chi connectivity index (χ4n) is 2.94. The summed E-state index contributed by atoms with van der Waals surface area (Å²) in [5.41, 5.74) is 3.67. The lowest BCUT2D eigenvalue weighted by Crippen LogP contribution is -2.13. The number of benzene rings is 2. The summed E-state index contributed by atoms with van der Waals surface area (Å²) in [7, 11) is 0. The van der Waals surface area contributed by atoms with Crippen LogP contribution in [0.1, 0.15) is 16.7 Å². The molecule has 0 bridgehead atoms. The van der Waals surface area contributed by atoms with Gasteiger partial charge in [-0.2, -0.15) is 5.26 Å². The van der Waals surface area contributed by atoms with Gasteiger partial charge in [-0.15, -0.1) is 0 Å². The van der Waals surface area contributed by atoms with Crippen molar-refractivity contribution in [3.8, 4) is 28.5 Å². The van der Waals surface area contributed by atoms with Crippen molar-refractivity contribution in [1.29, 1.82) is 5.26 Å². The number of aromatic nitrogens is 1. The summed E-state index contributed by atoms with van der Waals surface area (Å²) >= 11 is 0. The third-order valence-electron chi connectivity index (χ3n) is 4.19. The van der Waals surface area contributed by atoms with Crippen LogP contribution in [0.3, 0.4) is 0 Å². The van der Waals surface area contributed by atoms with Gasteiger partial charge in [0.25, 0.3) is 11.2 Å². The second-order valence-electron chi connectivity index (χ2n) is 6.04. The number of nitro benzene ring substituents is 1. The van der Waals surface area contributed by atoms with E-state index in [4.69, 9.17) is 0 Å². The molecule has 1 N–H and O–H groups in total. The van der Waals surface area contributed by atoms with Gasteiger partial charge in [0, 0.05) is 29.0 Å². The van der Waals surface area contributed by atoms with E-state index in [1.807, 2.05) is 38.1 Å². The van der Waals surface area contributed by atoms with E-state index in [-0.39, 0.29) is 11.3 Å². The molecule has 6 nitrogen and oxygen atoms in total. The van der Waals surface area contributed by atoms with Crippen molar-refractivity contribution in [2.24, 2.45) is 0 Å². The zero-order valence-electron chi connectivity index (χ0n) is 14.2. The summed E-state index contributed by atoms with van der Waals surface area (Å²) in [6.07, 6.45) is 0. The predicted molar refractivity (Wildman–Crippen MR) is 98.8 cm³/mol. The molecule has 0 saturated heterocycles. The number of hydrogen-bond donors (Lipinski definition) is 1. The van der Waals surface area contributed by atoms with Crippen molar-refractivity contribution in [2.45, 2.75) is 13.8 Å². The van der Waals surface area contributed by atoms with Crippen LogP contribution in [0.4, 0.5) is 5.69 Å². The smallest absolute Gasteiger partial charge is 0.270 e. The number of pyridine rings is 1. The summed E-state index contributed by atoms with van der Waals surface area (Å²) in [4.78, 5) is 25.6. The standard InChI is InChI=1S/C20H15N3O3/c1-12-6-7-16(13(2)8-12)17-10-19(22-20(24)18(17)11-21)14-4-3-5-15(9-14)23(25)26/h3-10H,1-2H3,(H,22,24). The van der Waals surface area contributed by atoms with Crippen LogP contribution in [-0.2, 0) is 0 Å². The van der Waals surface area contributed by atoms with Gasteiger partial charge in [-0.25, -0.2) is 0 Å². The molecule has 2 aromatic carbocycles. The van der Waals surface area contributed by atoms with E-state index in [1.165, 1.54) is 12.1 Å². The van der Waals surface area contributed by atoms with Crippen LogP contribution in [0, 0.1) is 35.3 Å². The Morgan fingerprint density at radius 1 is 1.08 bits per heavy atom. The van der Waals surface area contributed by atoms with E-state index in [9.17, 15) is 20.2 Å². The fourth-order valence-corrected chi connectivity index (χ4v) is 2.94. The zero-order valence-corrected chi connectivity index (χ0v) is 14.2. The molecule has 128 valence electrons. The normalized spacial score (nSPS) is 10.3. The number of aromatic amines is 1. The third kappa shape index (κ3) is 3.10. The number of hydrogen-bond acceptors (Lipinski definition) is 4. The van der Waals surface area contributed by atoms with Gasteiger partial charge in [-0.1, -0.05) is 35.9 Å². The molecule has 0 aliphatic heterocycles. The van der Waals surface area contributed by atoms with Crippen molar-refractivity contribution < 1.29 is 4.92 Å². The second kappa shape index (κ2) is 6.65. The van der Waals surface area contributed by atoms with Gasteiger partial charge in [-0.3, -0.25) is 14.9 Å². The van der Waals surface area contributed by atoms with Gasteiger partial charge in [0.05, 0.1) is 4.92 Å². The fraction of sp³-hybridized carbons (Fsp3) is 0.100. The monoisotopic (exact) mass is 345 g/mol. The van der Waals surface area contributed by atoms with E-state index in [0.29, 0.717) is 16.8 Å². The number of nitro groups is 1. The Kier molecular flexibility index (Phi) is 4.38. The Balaban J connectivity index is 2.27. The minimum atomic E-state index is -0.522. The Morgan fingerprint density at radius 3 is 2.50 bits per heavy atom. The predicted octanol–water partition coefficient (Wildman–Crippen LogP) is 4.11. The lowest BCUT2D eigenvalue weighted by Gasteiger charge is -2.11. The van der Waals surface area contributed by atoms with E-state index in [2.05, 4.69) is 4.98 Å². The average Bonchev–Trinajstić information content (AvgIpc) is 2.61. The summed E-state index contributed by atoms with van der Waals surface area (Å²) in [6, 6.07) is 15.4. The average molecular weight is 345 g/mol. The second-order valence-corrected chi connectivity index (χ2v) is 6.04. The first-order valence-corrected chi connectivity index (χ1v) is 7.90. The van der Waals surface area contributed by atoms with Crippen molar-refractivity contribution >= 4 is 5.69 Å². The van der Waals surface area contributed by atoms with Gasteiger partial charge >= 0.3 is 0 Å². The van der Waals surface area contributed by atoms with Gasteiger partial charge in [-0.05, 0) is 31.0 Å². The molecule has 0 aliphatic rings. The first-order valence-electron chi connectivity index (χ1n) is 7.90. The lowest BCUT2D eigenvalue weighted by molar-refractivity contribution is -0.384. The number of nitrogens with one attached hydrogen (secondary N) is 1. The van der Waals surface area contributed by atoms with Crippen molar-refractivity contribution in [1.82, 2.24) is 4.98 Å². The first-order chi connectivity index (χ1) is 12.4. The first kappa shape index (κ1) is 17.1. The molecule has 26 heavy (non-hydrogen) atoms. The highest BCUT2D eigenvalue weighted by atomic mass is 16.6. The maximum Gasteiger partial charge on any atom is 0.270 e. The molecule has 1 aromatic heterocycles. The molecule has 0 radical (unpaired) electrons. The van der Waals surface area contributed by atoms with Gasteiger partial charge in [0.15, 0.2) is 0 Å². The molecule has 3 aromatic rings. The Morgan fingerprint density at radius 2 is 1.85 bits per heavy atom. The lowest BCUT2D eigenvalue weighted by atomic mass is 9.94. The number of nitriles is 1. The highest BCUT2D eigenvalue weighted by Crippen LogP contribution is 2.30. The van der Waals surface area contributed by atoms with E-state index < -0.39 is 10.5 Å². The molecule has 3 rings (SSSR count). The third-order valence-corrected chi connectivity index (χ3v) is 4.19. The molecule has 0 spiro atoms. The molecule has 6 heteroatoms. The molecule has 0 atom stereocenters. The SMILES string of the molecule is Cc1ccc(-c2cc(-c3cccc([N+](=O)[O-])c3)[nH]c(=O)c2C#N)c(C)c1. The summed E-state index contributed by atoms with van der Waals surface area (Å²) < 4.78 is 0. The summed E-state index contributed by atoms with van der Waals surface area (Å²) in [6.45, 7) is 3.88. The number of aryl methyl sites for hydroxylation is 2. The maximum atomic E-state index is 12.4. The Bertz CT molecular complexity index is 1120. The van der Waals surface area contributed by atoms with Gasteiger partial charge < -0.3 is 4.98 Å². The van der Waals surface area contributed by atoms with Crippen molar-refractivity contribution in [2.75, 3.05) is 0 Å². The molecular weight excluding hydrogens is 330 g/mol. The molecule has 0 fully saturated rings. The summed E-state index contributed by atoms with van der Waals surface area (Å²) in [5.74, 6) is 0. The van der Waals surface area contributed by atoms with Crippen LogP contribution in [0.15, 0.2) is 53.3 Å². The van der Waals surface area contributed by atoms with Crippen LogP contribution in [0.25, 0.3) is 22.4 Å². The van der Waals surface area contributed by atoms with Crippen LogP contribution in [0.2, 0.25) is 0 Å². The molecule has 0 amide bonds. The largest absolute Gasteiger partial charge is 0.321 e. The minimum absolute atomic E-state index is 0.0196. The quantitative estimate of drug-likeness (QED) is 0.570. The Labute approximate surface area is 149 Å². The molecule has 1 heterocycles. The van der Waals surface area contributed by atoms with Crippen molar-refractivity contribution in [3.63, 3.8) is 0 Å². The van der Waals surface area contributed by atoms with Crippen LogP contribution in [0.5, 0.6) is 0 Å². The van der Waals surface area contributed by atoms with E-state index >= 15 is 0 Å². The van der Waals surface area contributed by atoms with Crippen LogP contribution in [-0.4, -0.2) is 9.91 Å². The number of rotatable bonds is 3.